The predicted molar refractivity (Wildman–Crippen MR) is 106 cm³/mol. The summed E-state index contributed by atoms with van der Waals surface area (Å²) in [6.07, 6.45) is 1.67. The smallest absolute Gasteiger partial charge is 0.232 e. The number of nitrogens with zero attached hydrogens (tertiary/aromatic N) is 5. The molecular formula is C17H19ClFN7S. The topological polar surface area (TPSA) is 70.4 Å². The van der Waals surface area contributed by atoms with Crippen LogP contribution in [0.25, 0.3) is 5.65 Å². The van der Waals surface area contributed by atoms with Gasteiger partial charge in [-0.2, -0.15) is 14.6 Å². The van der Waals surface area contributed by atoms with Crippen molar-refractivity contribution in [1.82, 2.24) is 29.8 Å². The van der Waals surface area contributed by atoms with Crippen LogP contribution in [0.15, 0.2) is 35.6 Å². The first-order valence-electron chi connectivity index (χ1n) is 8.69. The highest BCUT2D eigenvalue weighted by molar-refractivity contribution is 7.99. The molecule has 1 fully saturated rings. The third-order valence-electron chi connectivity index (χ3n) is 4.26. The molecule has 27 heavy (non-hydrogen) atoms. The van der Waals surface area contributed by atoms with Crippen molar-refractivity contribution in [3.05, 3.63) is 41.3 Å². The number of thioether (sulfide) groups is 1. The van der Waals surface area contributed by atoms with Crippen molar-refractivity contribution in [3.63, 3.8) is 0 Å². The Labute approximate surface area is 165 Å². The van der Waals surface area contributed by atoms with Crippen molar-refractivity contribution in [2.45, 2.75) is 5.16 Å². The van der Waals surface area contributed by atoms with Gasteiger partial charge in [0, 0.05) is 50.2 Å². The zero-order chi connectivity index (χ0) is 18.6. The molecule has 0 amide bonds. The molecule has 0 saturated carbocycles. The van der Waals surface area contributed by atoms with Gasteiger partial charge in [0.15, 0.2) is 10.8 Å². The van der Waals surface area contributed by atoms with E-state index in [1.807, 2.05) is 6.07 Å². The highest BCUT2D eigenvalue weighted by Crippen LogP contribution is 2.24. The zero-order valence-electron chi connectivity index (χ0n) is 14.5. The predicted octanol–water partition coefficient (Wildman–Crippen LogP) is 2.66. The Hall–Kier alpha value is -1.94. The van der Waals surface area contributed by atoms with Crippen LogP contribution in [0.3, 0.4) is 0 Å². The molecule has 3 aromatic rings. The van der Waals surface area contributed by atoms with Crippen LogP contribution in [0, 0.1) is 5.82 Å². The van der Waals surface area contributed by atoms with E-state index in [0.29, 0.717) is 22.4 Å². The fraction of sp³-hybridized carbons (Fsp3) is 0.353. The molecule has 1 saturated heterocycles. The number of piperazine rings is 1. The van der Waals surface area contributed by atoms with Crippen molar-refractivity contribution < 1.29 is 4.39 Å². The Kier molecular flexibility index (Phi) is 5.72. The van der Waals surface area contributed by atoms with E-state index < -0.39 is 5.82 Å². The minimum atomic E-state index is -0.460. The largest absolute Gasteiger partial charge is 0.324 e. The van der Waals surface area contributed by atoms with Gasteiger partial charge in [-0.25, -0.2) is 9.37 Å². The molecule has 4 rings (SSSR count). The standard InChI is InChI=1S/C17H19ClFN7S/c18-13-11-12(1-2-14(13)19)22-16-24-17(23-15-3-4-21-26(15)16)27-10-9-25-7-5-20-6-8-25/h1-4,11,20H,5-10H2,(H,22,23,24). The first kappa shape index (κ1) is 18.4. The van der Waals surface area contributed by atoms with Crippen LogP contribution in [0.4, 0.5) is 16.0 Å². The zero-order valence-corrected chi connectivity index (χ0v) is 16.1. The summed E-state index contributed by atoms with van der Waals surface area (Å²) >= 11 is 7.48. The normalized spacial score (nSPS) is 15.3. The van der Waals surface area contributed by atoms with E-state index in [0.717, 1.165) is 38.5 Å². The summed E-state index contributed by atoms with van der Waals surface area (Å²) in [5.74, 6) is 0.960. The summed E-state index contributed by atoms with van der Waals surface area (Å²) in [6, 6.07) is 6.27. The molecule has 2 aromatic heterocycles. The fourth-order valence-electron chi connectivity index (χ4n) is 2.85. The molecule has 0 radical (unpaired) electrons. The number of fused-ring (bicyclic) bond motifs is 1. The molecule has 0 spiro atoms. The number of hydrogen-bond donors (Lipinski definition) is 2. The molecule has 10 heteroatoms. The van der Waals surface area contributed by atoms with E-state index in [9.17, 15) is 4.39 Å². The third-order valence-corrected chi connectivity index (χ3v) is 5.38. The lowest BCUT2D eigenvalue weighted by Gasteiger charge is -2.26. The highest BCUT2D eigenvalue weighted by Gasteiger charge is 2.12. The molecule has 0 aliphatic carbocycles. The summed E-state index contributed by atoms with van der Waals surface area (Å²) in [5, 5.41) is 11.5. The van der Waals surface area contributed by atoms with Crippen LogP contribution in [0.2, 0.25) is 5.02 Å². The number of nitrogens with one attached hydrogen (secondary N) is 2. The van der Waals surface area contributed by atoms with Crippen molar-refractivity contribution >= 4 is 40.6 Å². The van der Waals surface area contributed by atoms with Crippen LogP contribution in [0.5, 0.6) is 0 Å². The first-order valence-corrected chi connectivity index (χ1v) is 10.0. The van der Waals surface area contributed by atoms with Crippen LogP contribution in [-0.2, 0) is 0 Å². The van der Waals surface area contributed by atoms with Crippen LogP contribution in [0.1, 0.15) is 0 Å². The fourth-order valence-corrected chi connectivity index (χ4v) is 3.88. The molecule has 1 aliphatic rings. The molecule has 2 N–H and O–H groups in total. The molecular weight excluding hydrogens is 389 g/mol. The molecule has 0 unspecified atom stereocenters. The first-order chi connectivity index (χ1) is 13.2. The minimum Gasteiger partial charge on any atom is -0.324 e. The maximum atomic E-state index is 13.4. The van der Waals surface area contributed by atoms with E-state index in [4.69, 9.17) is 11.6 Å². The van der Waals surface area contributed by atoms with E-state index in [1.54, 1.807) is 28.5 Å². The summed E-state index contributed by atoms with van der Waals surface area (Å²) in [7, 11) is 0. The van der Waals surface area contributed by atoms with Gasteiger partial charge in [-0.1, -0.05) is 23.4 Å². The average Bonchev–Trinajstić information content (AvgIpc) is 3.15. The lowest BCUT2D eigenvalue weighted by Crippen LogP contribution is -2.44. The maximum Gasteiger partial charge on any atom is 0.232 e. The monoisotopic (exact) mass is 407 g/mol. The van der Waals surface area contributed by atoms with Gasteiger partial charge in [0.25, 0.3) is 0 Å². The summed E-state index contributed by atoms with van der Waals surface area (Å²) in [4.78, 5) is 11.6. The average molecular weight is 408 g/mol. The van der Waals surface area contributed by atoms with Gasteiger partial charge in [0.1, 0.15) is 5.82 Å². The quantitative estimate of drug-likeness (QED) is 0.609. The minimum absolute atomic E-state index is 0.0522. The summed E-state index contributed by atoms with van der Waals surface area (Å²) in [6.45, 7) is 5.22. The Balaban J connectivity index is 1.49. The molecule has 1 aromatic carbocycles. The summed E-state index contributed by atoms with van der Waals surface area (Å²) < 4.78 is 15.0. The lowest BCUT2D eigenvalue weighted by atomic mass is 10.3. The second kappa shape index (κ2) is 8.39. The Morgan fingerprint density at radius 1 is 1.22 bits per heavy atom. The molecule has 7 nitrogen and oxygen atoms in total. The molecule has 3 heterocycles. The van der Waals surface area contributed by atoms with Crippen molar-refractivity contribution in [2.24, 2.45) is 0 Å². The van der Waals surface area contributed by atoms with Gasteiger partial charge in [0.2, 0.25) is 5.95 Å². The number of halogens is 2. The number of benzene rings is 1. The third kappa shape index (κ3) is 4.49. The maximum absolute atomic E-state index is 13.4. The number of anilines is 2. The van der Waals surface area contributed by atoms with Crippen molar-refractivity contribution in [2.75, 3.05) is 43.8 Å². The number of aromatic nitrogens is 4. The second-order valence-electron chi connectivity index (χ2n) is 6.12. The van der Waals surface area contributed by atoms with Gasteiger partial charge in [0.05, 0.1) is 11.2 Å². The molecule has 0 atom stereocenters. The SMILES string of the molecule is Fc1ccc(Nc2nc(SCCN3CCNCC3)nc3ccnn23)cc1Cl. The molecule has 142 valence electrons. The molecule has 0 bridgehead atoms. The van der Waals surface area contributed by atoms with Gasteiger partial charge in [-0.05, 0) is 18.2 Å². The van der Waals surface area contributed by atoms with Crippen LogP contribution < -0.4 is 10.6 Å². The van der Waals surface area contributed by atoms with E-state index in [2.05, 4.69) is 30.6 Å². The van der Waals surface area contributed by atoms with Gasteiger partial charge >= 0.3 is 0 Å². The van der Waals surface area contributed by atoms with Crippen molar-refractivity contribution in [1.29, 1.82) is 0 Å². The van der Waals surface area contributed by atoms with E-state index in [-0.39, 0.29) is 5.02 Å². The van der Waals surface area contributed by atoms with Gasteiger partial charge in [-0.3, -0.25) is 4.90 Å². The number of rotatable bonds is 6. The van der Waals surface area contributed by atoms with E-state index >= 15 is 0 Å². The van der Waals surface area contributed by atoms with Gasteiger partial charge < -0.3 is 10.6 Å². The van der Waals surface area contributed by atoms with Crippen molar-refractivity contribution in [3.8, 4) is 0 Å². The van der Waals surface area contributed by atoms with Gasteiger partial charge in [-0.15, -0.1) is 0 Å². The van der Waals surface area contributed by atoms with Crippen LogP contribution >= 0.6 is 23.4 Å². The highest BCUT2D eigenvalue weighted by atomic mass is 35.5. The van der Waals surface area contributed by atoms with Crippen LogP contribution in [-0.4, -0.2) is 63.0 Å². The lowest BCUT2D eigenvalue weighted by molar-refractivity contribution is 0.255. The molecule has 1 aliphatic heterocycles. The summed E-state index contributed by atoms with van der Waals surface area (Å²) in [5.41, 5.74) is 1.33. The van der Waals surface area contributed by atoms with E-state index in [1.165, 1.54) is 12.1 Å². The second-order valence-corrected chi connectivity index (χ2v) is 7.59. The Morgan fingerprint density at radius 3 is 2.89 bits per heavy atom. The number of hydrogen-bond acceptors (Lipinski definition) is 7. The Morgan fingerprint density at radius 2 is 2.07 bits per heavy atom. The Bertz CT molecular complexity index is 929.